The predicted molar refractivity (Wildman–Crippen MR) is 86.8 cm³/mol. The molecule has 5 unspecified atom stereocenters. The number of methoxy groups -OCH3 is 1. The van der Waals surface area contributed by atoms with Crippen molar-refractivity contribution in [2.45, 2.75) is 25.0 Å². The van der Waals surface area contributed by atoms with Gasteiger partial charge in [-0.05, 0) is 36.7 Å². The molecule has 3 fully saturated rings. The van der Waals surface area contributed by atoms with Crippen LogP contribution in [0.4, 0.5) is 0 Å². The smallest absolute Gasteiger partial charge is 0.273 e. The fourth-order valence-electron chi connectivity index (χ4n) is 5.33. The van der Waals surface area contributed by atoms with E-state index in [4.69, 9.17) is 10.5 Å². The summed E-state index contributed by atoms with van der Waals surface area (Å²) in [7, 11) is 1.73. The van der Waals surface area contributed by atoms with E-state index in [1.807, 2.05) is 4.90 Å². The molecule has 0 aromatic carbocycles. The molecule has 0 radical (unpaired) electrons. The average Bonchev–Trinajstić information content (AvgIpc) is 3.31. The monoisotopic (exact) mass is 341 g/mol. The van der Waals surface area contributed by atoms with Gasteiger partial charge in [-0.25, -0.2) is 9.50 Å². The van der Waals surface area contributed by atoms with Crippen molar-refractivity contribution < 1.29 is 14.3 Å². The average molecular weight is 341 g/mol. The van der Waals surface area contributed by atoms with Crippen LogP contribution in [0.3, 0.4) is 0 Å². The molecule has 2 aliphatic carbocycles. The van der Waals surface area contributed by atoms with E-state index in [1.165, 1.54) is 16.9 Å². The quantitative estimate of drug-likeness (QED) is 0.866. The highest BCUT2D eigenvalue weighted by molar-refractivity contribution is 6.00. The molecule has 3 heterocycles. The Morgan fingerprint density at radius 2 is 2.16 bits per heavy atom. The highest BCUT2D eigenvalue weighted by Crippen LogP contribution is 2.56. The maximum Gasteiger partial charge on any atom is 0.273 e. The summed E-state index contributed by atoms with van der Waals surface area (Å²) in [5.41, 5.74) is 6.29. The van der Waals surface area contributed by atoms with E-state index in [1.54, 1.807) is 13.2 Å². The summed E-state index contributed by atoms with van der Waals surface area (Å²) < 4.78 is 7.14. The molecule has 2 aromatic heterocycles. The molecule has 1 aliphatic heterocycles. The molecule has 3 aliphatic rings. The van der Waals surface area contributed by atoms with Crippen LogP contribution in [0.1, 0.15) is 33.7 Å². The Balaban J connectivity index is 1.55. The molecule has 2 N–H and O–H groups in total. The Labute approximate surface area is 143 Å². The number of likely N-dealkylation sites (tertiary alicyclic amines) is 1. The van der Waals surface area contributed by atoms with Crippen LogP contribution in [0.5, 0.6) is 0 Å². The van der Waals surface area contributed by atoms with Crippen molar-refractivity contribution in [2.24, 2.45) is 23.5 Å². The number of carbonyl (C=O) groups excluding carboxylic acids is 2. The van der Waals surface area contributed by atoms with Crippen molar-refractivity contribution in [3.63, 3.8) is 0 Å². The largest absolute Gasteiger partial charge is 0.379 e. The van der Waals surface area contributed by atoms with Crippen LogP contribution in [0.15, 0.2) is 18.5 Å². The van der Waals surface area contributed by atoms with Gasteiger partial charge in [-0.15, -0.1) is 0 Å². The van der Waals surface area contributed by atoms with E-state index >= 15 is 0 Å². The fourth-order valence-corrected chi connectivity index (χ4v) is 5.33. The molecule has 2 aromatic rings. The minimum atomic E-state index is -0.607. The third-order valence-electron chi connectivity index (χ3n) is 6.24. The number of primary amides is 1. The van der Waals surface area contributed by atoms with Gasteiger partial charge < -0.3 is 15.4 Å². The van der Waals surface area contributed by atoms with E-state index in [2.05, 4.69) is 10.1 Å². The molecule has 130 valence electrons. The number of carbonyl (C=O) groups is 2. The van der Waals surface area contributed by atoms with Crippen LogP contribution in [-0.4, -0.2) is 57.1 Å². The third-order valence-corrected chi connectivity index (χ3v) is 6.24. The first kappa shape index (κ1) is 14.8. The molecular weight excluding hydrogens is 322 g/mol. The van der Waals surface area contributed by atoms with Crippen LogP contribution in [-0.2, 0) is 4.74 Å². The molecule has 2 saturated carbocycles. The molecule has 1 saturated heterocycles. The highest BCUT2D eigenvalue weighted by Gasteiger charge is 2.60. The molecule has 5 atom stereocenters. The minimum Gasteiger partial charge on any atom is -0.379 e. The van der Waals surface area contributed by atoms with Crippen molar-refractivity contribution >= 4 is 17.5 Å². The van der Waals surface area contributed by atoms with E-state index in [0.717, 1.165) is 19.4 Å². The molecular formula is C17H19N5O3. The van der Waals surface area contributed by atoms with E-state index < -0.39 is 5.91 Å². The molecule has 8 heteroatoms. The Morgan fingerprint density at radius 1 is 1.32 bits per heavy atom. The van der Waals surface area contributed by atoms with E-state index in [9.17, 15) is 9.59 Å². The lowest BCUT2D eigenvalue weighted by Gasteiger charge is -2.31. The zero-order chi connectivity index (χ0) is 17.3. The Bertz CT molecular complexity index is 892. The molecule has 2 amide bonds. The summed E-state index contributed by atoms with van der Waals surface area (Å²) in [5.74, 6) is 0.973. The summed E-state index contributed by atoms with van der Waals surface area (Å²) in [6.07, 6.45) is 5.29. The summed E-state index contributed by atoms with van der Waals surface area (Å²) in [6.45, 7) is 0.762. The first-order chi connectivity index (χ1) is 12.1. The second kappa shape index (κ2) is 5.01. The lowest BCUT2D eigenvalue weighted by molar-refractivity contribution is 0.0109. The van der Waals surface area contributed by atoms with Crippen LogP contribution in [0, 0.1) is 17.8 Å². The first-order valence-electron chi connectivity index (χ1n) is 8.56. The van der Waals surface area contributed by atoms with Gasteiger partial charge >= 0.3 is 0 Å². The van der Waals surface area contributed by atoms with Crippen LogP contribution >= 0.6 is 0 Å². The number of amides is 2. The van der Waals surface area contributed by atoms with Crippen LogP contribution in [0.25, 0.3) is 5.65 Å². The minimum absolute atomic E-state index is 0.0892. The zero-order valence-corrected chi connectivity index (χ0v) is 13.8. The van der Waals surface area contributed by atoms with Crippen molar-refractivity contribution in [2.75, 3.05) is 13.7 Å². The molecule has 2 bridgehead atoms. The highest BCUT2D eigenvalue weighted by atomic mass is 16.5. The van der Waals surface area contributed by atoms with Crippen molar-refractivity contribution in [3.8, 4) is 0 Å². The fraction of sp³-hybridized carbons (Fsp3) is 0.529. The van der Waals surface area contributed by atoms with Gasteiger partial charge in [0, 0.05) is 19.9 Å². The Kier molecular flexibility index (Phi) is 2.97. The van der Waals surface area contributed by atoms with Crippen molar-refractivity contribution in [1.82, 2.24) is 19.5 Å². The first-order valence-corrected chi connectivity index (χ1v) is 8.56. The number of aromatic nitrogens is 3. The molecule has 5 rings (SSSR count). The van der Waals surface area contributed by atoms with Gasteiger partial charge in [0.25, 0.3) is 11.8 Å². The van der Waals surface area contributed by atoms with Gasteiger partial charge in [0.15, 0.2) is 5.65 Å². The maximum atomic E-state index is 13.3. The lowest BCUT2D eigenvalue weighted by Crippen LogP contribution is -2.45. The second-order valence-corrected chi connectivity index (χ2v) is 7.29. The SMILES string of the molecule is COC1C2CC3CN(C(=O)c4ccnc5c(C(N)=O)cnn45)C1C3C2. The van der Waals surface area contributed by atoms with Crippen LogP contribution in [0.2, 0.25) is 0 Å². The number of hydrogen-bond acceptors (Lipinski definition) is 5. The Morgan fingerprint density at radius 3 is 2.92 bits per heavy atom. The van der Waals surface area contributed by atoms with Gasteiger partial charge in [-0.1, -0.05) is 0 Å². The zero-order valence-electron chi connectivity index (χ0n) is 13.8. The van der Waals surface area contributed by atoms with Gasteiger partial charge in [0.05, 0.1) is 18.3 Å². The normalized spacial score (nSPS) is 32.7. The van der Waals surface area contributed by atoms with Gasteiger partial charge in [-0.3, -0.25) is 9.59 Å². The summed E-state index contributed by atoms with van der Waals surface area (Å²) in [5, 5.41) is 4.16. The third kappa shape index (κ3) is 1.85. The van der Waals surface area contributed by atoms with Gasteiger partial charge in [-0.2, -0.15) is 5.10 Å². The van der Waals surface area contributed by atoms with E-state index in [0.29, 0.717) is 29.1 Å². The summed E-state index contributed by atoms with van der Waals surface area (Å²) >= 11 is 0. The topological polar surface area (TPSA) is 103 Å². The molecule has 8 nitrogen and oxygen atoms in total. The van der Waals surface area contributed by atoms with Gasteiger partial charge in [0.2, 0.25) is 0 Å². The number of nitrogens with two attached hydrogens (primary N) is 1. The second-order valence-electron chi connectivity index (χ2n) is 7.29. The number of fused-ring (bicyclic) bond motifs is 2. The summed E-state index contributed by atoms with van der Waals surface area (Å²) in [4.78, 5) is 30.9. The number of ether oxygens (including phenoxy) is 1. The number of nitrogens with zero attached hydrogens (tertiary/aromatic N) is 4. The van der Waals surface area contributed by atoms with Crippen molar-refractivity contribution in [1.29, 1.82) is 0 Å². The van der Waals surface area contributed by atoms with Gasteiger partial charge in [0.1, 0.15) is 11.3 Å². The summed E-state index contributed by atoms with van der Waals surface area (Å²) in [6, 6.07) is 1.78. The molecule has 0 spiro atoms. The maximum absolute atomic E-state index is 13.3. The standard InChI is InChI=1S/C17H19N5O3/c1-25-14-8-4-9-7-21(13(14)10(9)5-8)17(24)12-2-3-19-16-11(15(18)23)6-20-22(12)16/h2-3,6,8-10,13-14H,4-5,7H2,1H3,(H2,18,23). The lowest BCUT2D eigenvalue weighted by atomic mass is 9.88. The van der Waals surface area contributed by atoms with Crippen LogP contribution < -0.4 is 5.73 Å². The number of hydrogen-bond donors (Lipinski definition) is 1. The Hall–Kier alpha value is -2.48. The molecule has 25 heavy (non-hydrogen) atoms. The predicted octanol–water partition coefficient (Wildman–Crippen LogP) is 0.324. The van der Waals surface area contributed by atoms with E-state index in [-0.39, 0.29) is 23.6 Å². The van der Waals surface area contributed by atoms with Crippen molar-refractivity contribution in [3.05, 3.63) is 29.7 Å². The number of rotatable bonds is 3.